The molecule has 0 radical (unpaired) electrons. The van der Waals surface area contributed by atoms with Gasteiger partial charge >= 0.3 is 0 Å². The summed E-state index contributed by atoms with van der Waals surface area (Å²) in [6, 6.07) is 8.46. The van der Waals surface area contributed by atoms with Crippen molar-refractivity contribution >= 4 is 21.6 Å². The largest absolute Gasteiger partial charge is 0.438 e. The Morgan fingerprint density at radius 3 is 2.67 bits per heavy atom. The minimum Gasteiger partial charge on any atom is -0.438 e. The molecule has 4 rings (SSSR count). The molecule has 0 spiro atoms. The van der Waals surface area contributed by atoms with Gasteiger partial charge < -0.3 is 14.2 Å². The Labute approximate surface area is 173 Å². The van der Waals surface area contributed by atoms with Crippen LogP contribution in [0.4, 0.5) is 5.69 Å². The van der Waals surface area contributed by atoms with Crippen molar-refractivity contribution in [1.82, 2.24) is 14.9 Å². The summed E-state index contributed by atoms with van der Waals surface area (Å²) >= 11 is 0. The standard InChI is InChI=1S/C20H22N4O5S/c1-12-3-6-15(13(2)11-12)22-17(25)9-10-21-30(26,27)18-8-7-16(28-18)20-24-23-19(29-20)14-4-5-14/h3,6-8,11,14,21H,4-5,9-10H2,1-2H3,(H,22,25). The molecule has 158 valence electrons. The number of carbonyl (C=O) groups is 1. The van der Waals surface area contributed by atoms with Gasteiger partial charge in [0.1, 0.15) is 0 Å². The van der Waals surface area contributed by atoms with Crippen molar-refractivity contribution in [1.29, 1.82) is 0 Å². The van der Waals surface area contributed by atoms with Gasteiger partial charge in [-0.1, -0.05) is 17.7 Å². The molecule has 0 unspecified atom stereocenters. The van der Waals surface area contributed by atoms with Gasteiger partial charge in [0.25, 0.3) is 15.9 Å². The summed E-state index contributed by atoms with van der Waals surface area (Å²) in [7, 11) is -3.91. The minimum absolute atomic E-state index is 0.0193. The third-order valence-corrected chi connectivity index (χ3v) is 6.06. The van der Waals surface area contributed by atoms with Gasteiger partial charge in [-0.3, -0.25) is 4.79 Å². The highest BCUT2D eigenvalue weighted by atomic mass is 32.2. The van der Waals surface area contributed by atoms with Gasteiger partial charge in [-0.15, -0.1) is 10.2 Å². The maximum Gasteiger partial charge on any atom is 0.283 e. The number of aromatic nitrogens is 2. The zero-order chi connectivity index (χ0) is 21.3. The van der Waals surface area contributed by atoms with Crippen LogP contribution in [0.25, 0.3) is 11.7 Å². The summed E-state index contributed by atoms with van der Waals surface area (Å²) in [6.45, 7) is 3.80. The van der Waals surface area contributed by atoms with Crippen molar-refractivity contribution in [3.05, 3.63) is 47.3 Å². The molecule has 30 heavy (non-hydrogen) atoms. The molecule has 1 aliphatic carbocycles. The summed E-state index contributed by atoms with van der Waals surface area (Å²) in [4.78, 5) is 12.1. The van der Waals surface area contributed by atoms with E-state index in [9.17, 15) is 13.2 Å². The highest BCUT2D eigenvalue weighted by molar-refractivity contribution is 7.89. The molecule has 1 aromatic carbocycles. The molecule has 0 atom stereocenters. The number of sulfonamides is 1. The zero-order valence-electron chi connectivity index (χ0n) is 16.6. The predicted molar refractivity (Wildman–Crippen MR) is 108 cm³/mol. The molecular weight excluding hydrogens is 408 g/mol. The van der Waals surface area contributed by atoms with Crippen molar-refractivity contribution < 1.29 is 22.0 Å². The molecule has 2 N–H and O–H groups in total. The van der Waals surface area contributed by atoms with E-state index in [0.29, 0.717) is 17.5 Å². The first kappa shape index (κ1) is 20.3. The normalized spacial score (nSPS) is 14.1. The van der Waals surface area contributed by atoms with Crippen LogP contribution in [-0.4, -0.2) is 31.1 Å². The first-order valence-corrected chi connectivity index (χ1v) is 11.1. The molecule has 0 bridgehead atoms. The van der Waals surface area contributed by atoms with E-state index < -0.39 is 10.0 Å². The summed E-state index contributed by atoms with van der Waals surface area (Å²) in [5.74, 6) is 0.872. The van der Waals surface area contributed by atoms with Crippen molar-refractivity contribution in [2.75, 3.05) is 11.9 Å². The summed E-state index contributed by atoms with van der Waals surface area (Å²) < 4.78 is 38.1. The SMILES string of the molecule is Cc1ccc(NC(=O)CCNS(=O)(=O)c2ccc(-c3nnc(C4CC4)o3)o2)c(C)c1. The van der Waals surface area contributed by atoms with E-state index in [1.165, 1.54) is 12.1 Å². The monoisotopic (exact) mass is 430 g/mol. The van der Waals surface area contributed by atoms with Crippen LogP contribution in [0, 0.1) is 13.8 Å². The molecule has 1 saturated carbocycles. The highest BCUT2D eigenvalue weighted by Crippen LogP contribution is 2.40. The molecule has 1 aliphatic rings. The predicted octanol–water partition coefficient (Wildman–Crippen LogP) is 3.13. The Morgan fingerprint density at radius 1 is 1.13 bits per heavy atom. The smallest absolute Gasteiger partial charge is 0.283 e. The second-order valence-corrected chi connectivity index (χ2v) is 9.05. The summed E-state index contributed by atoms with van der Waals surface area (Å²) in [6.07, 6.45) is 2.01. The molecule has 0 aliphatic heterocycles. The van der Waals surface area contributed by atoms with Gasteiger partial charge in [0, 0.05) is 24.6 Å². The van der Waals surface area contributed by atoms with Crippen LogP contribution in [0.2, 0.25) is 0 Å². The van der Waals surface area contributed by atoms with E-state index in [1.54, 1.807) is 0 Å². The number of hydrogen-bond acceptors (Lipinski definition) is 7. The molecule has 9 nitrogen and oxygen atoms in total. The number of anilines is 1. The maximum atomic E-state index is 12.4. The number of nitrogens with zero attached hydrogens (tertiary/aromatic N) is 2. The lowest BCUT2D eigenvalue weighted by molar-refractivity contribution is -0.116. The van der Waals surface area contributed by atoms with E-state index in [0.717, 1.165) is 24.0 Å². The fraction of sp³-hybridized carbons (Fsp3) is 0.350. The maximum absolute atomic E-state index is 12.4. The molecule has 3 aromatic rings. The van der Waals surface area contributed by atoms with Crippen LogP contribution in [0.1, 0.15) is 42.2 Å². The van der Waals surface area contributed by atoms with E-state index >= 15 is 0 Å². The number of hydrogen-bond donors (Lipinski definition) is 2. The lowest BCUT2D eigenvalue weighted by Crippen LogP contribution is -2.27. The quantitative estimate of drug-likeness (QED) is 0.562. The van der Waals surface area contributed by atoms with Crippen LogP contribution < -0.4 is 10.0 Å². The number of furan rings is 1. The number of amides is 1. The third-order valence-electron chi connectivity index (χ3n) is 4.72. The minimum atomic E-state index is -3.91. The van der Waals surface area contributed by atoms with E-state index in [4.69, 9.17) is 8.83 Å². The topological polar surface area (TPSA) is 127 Å². The first-order valence-electron chi connectivity index (χ1n) is 9.62. The highest BCUT2D eigenvalue weighted by Gasteiger charge is 2.30. The van der Waals surface area contributed by atoms with Gasteiger partial charge in [0.05, 0.1) is 0 Å². The van der Waals surface area contributed by atoms with Crippen LogP contribution in [-0.2, 0) is 14.8 Å². The van der Waals surface area contributed by atoms with Gasteiger partial charge in [-0.25, -0.2) is 13.1 Å². The summed E-state index contributed by atoms with van der Waals surface area (Å²) in [5, 5.41) is 10.4. The Hall–Kier alpha value is -2.98. The first-order chi connectivity index (χ1) is 14.3. The summed E-state index contributed by atoms with van der Waals surface area (Å²) in [5.41, 5.74) is 2.74. The van der Waals surface area contributed by atoms with Gasteiger partial charge in [0.15, 0.2) is 5.76 Å². The Bertz CT molecular complexity index is 1180. The number of rotatable bonds is 8. The van der Waals surface area contributed by atoms with Crippen molar-refractivity contribution in [3.63, 3.8) is 0 Å². The van der Waals surface area contributed by atoms with Crippen LogP contribution >= 0.6 is 0 Å². The molecule has 10 heteroatoms. The fourth-order valence-corrected chi connectivity index (χ4v) is 3.91. The van der Waals surface area contributed by atoms with Crippen LogP contribution in [0.15, 0.2) is 44.3 Å². The average molecular weight is 430 g/mol. The Balaban J connectivity index is 1.33. The van der Waals surface area contributed by atoms with Gasteiger partial charge in [-0.2, -0.15) is 0 Å². The molecular formula is C20H22N4O5S. The fourth-order valence-electron chi connectivity index (χ4n) is 2.95. The van der Waals surface area contributed by atoms with Crippen molar-refractivity contribution in [2.24, 2.45) is 0 Å². The Kier molecular flexibility index (Phi) is 5.44. The number of nitrogens with one attached hydrogen (secondary N) is 2. The van der Waals surface area contributed by atoms with E-state index in [-0.39, 0.29) is 35.6 Å². The molecule has 2 heterocycles. The van der Waals surface area contributed by atoms with Gasteiger partial charge in [-0.05, 0) is 50.5 Å². The average Bonchev–Trinajstić information content (AvgIpc) is 3.21. The van der Waals surface area contributed by atoms with E-state index in [2.05, 4.69) is 20.2 Å². The zero-order valence-corrected chi connectivity index (χ0v) is 17.5. The molecule has 0 saturated heterocycles. The Morgan fingerprint density at radius 2 is 1.93 bits per heavy atom. The third kappa shape index (κ3) is 4.60. The second kappa shape index (κ2) is 8.04. The van der Waals surface area contributed by atoms with Crippen molar-refractivity contribution in [3.8, 4) is 11.7 Å². The van der Waals surface area contributed by atoms with Gasteiger partial charge in [0.2, 0.25) is 16.9 Å². The number of aryl methyl sites for hydroxylation is 2. The lowest BCUT2D eigenvalue weighted by Gasteiger charge is -2.09. The van der Waals surface area contributed by atoms with Crippen molar-refractivity contribution in [2.45, 2.75) is 44.1 Å². The number of carbonyl (C=O) groups excluding carboxylic acids is 1. The second-order valence-electron chi connectivity index (χ2n) is 7.35. The van der Waals surface area contributed by atoms with Crippen LogP contribution in [0.5, 0.6) is 0 Å². The lowest BCUT2D eigenvalue weighted by atomic mass is 10.1. The molecule has 1 amide bonds. The molecule has 1 fully saturated rings. The van der Waals surface area contributed by atoms with E-state index in [1.807, 2.05) is 32.0 Å². The number of benzene rings is 1. The van der Waals surface area contributed by atoms with Crippen LogP contribution in [0.3, 0.4) is 0 Å². The molecule has 2 aromatic heterocycles.